The first-order valence-electron chi connectivity index (χ1n) is 11.8. The van der Waals surface area contributed by atoms with Crippen LogP contribution in [0.2, 0.25) is 0 Å². The van der Waals surface area contributed by atoms with Crippen LogP contribution in [0.4, 0.5) is 5.69 Å². The van der Waals surface area contributed by atoms with Gasteiger partial charge in [-0.05, 0) is 76.0 Å². The molecule has 0 aromatic carbocycles. The monoisotopic (exact) mass is 452 g/mol. The molecule has 2 aromatic rings. The Morgan fingerprint density at radius 2 is 2.03 bits per heavy atom. The van der Waals surface area contributed by atoms with Crippen LogP contribution in [-0.4, -0.2) is 43.8 Å². The van der Waals surface area contributed by atoms with Crippen LogP contribution in [0.1, 0.15) is 94.6 Å². The van der Waals surface area contributed by atoms with E-state index in [1.165, 1.54) is 5.57 Å². The summed E-state index contributed by atoms with van der Waals surface area (Å²) in [4.78, 5) is 24.8. The van der Waals surface area contributed by atoms with Crippen LogP contribution < -0.4 is 5.32 Å². The van der Waals surface area contributed by atoms with E-state index >= 15 is 0 Å². The van der Waals surface area contributed by atoms with Gasteiger partial charge in [0.1, 0.15) is 0 Å². The summed E-state index contributed by atoms with van der Waals surface area (Å²) in [6.07, 6.45) is 9.95. The van der Waals surface area contributed by atoms with Crippen LogP contribution in [0, 0.1) is 5.41 Å². The summed E-state index contributed by atoms with van der Waals surface area (Å²) in [5, 5.41) is 13.0. The molecule has 2 aliphatic rings. The molecule has 2 unspecified atom stereocenters. The van der Waals surface area contributed by atoms with Gasteiger partial charge in [0, 0.05) is 24.0 Å². The number of ether oxygens (including phenoxy) is 1. The first-order valence-corrected chi connectivity index (χ1v) is 11.8. The van der Waals surface area contributed by atoms with E-state index in [4.69, 9.17) is 9.72 Å². The topological polar surface area (TPSA) is 100 Å². The Bertz CT molecular complexity index is 1040. The summed E-state index contributed by atoms with van der Waals surface area (Å²) in [6.45, 7) is 10.6. The molecule has 33 heavy (non-hydrogen) atoms. The van der Waals surface area contributed by atoms with Gasteiger partial charge >= 0.3 is 0 Å². The number of aliphatic hydroxyl groups excluding tert-OH is 1. The quantitative estimate of drug-likeness (QED) is 0.588. The second-order valence-corrected chi connectivity index (χ2v) is 11.2. The highest BCUT2D eigenvalue weighted by Gasteiger charge is 2.43. The molecule has 7 nitrogen and oxygen atoms in total. The van der Waals surface area contributed by atoms with E-state index in [2.05, 4.69) is 49.1 Å². The maximum absolute atomic E-state index is 12.7. The van der Waals surface area contributed by atoms with Gasteiger partial charge in [0.05, 0.1) is 29.2 Å². The molecule has 2 atom stereocenters. The number of hydrogen-bond acceptors (Lipinski definition) is 5. The molecule has 0 bridgehead atoms. The van der Waals surface area contributed by atoms with Crippen LogP contribution in [0.5, 0.6) is 0 Å². The van der Waals surface area contributed by atoms with Crippen molar-refractivity contribution in [2.45, 2.75) is 83.8 Å². The summed E-state index contributed by atoms with van der Waals surface area (Å²) in [6, 6.07) is 3.95. The Balaban J connectivity index is 1.70. The molecule has 7 heteroatoms. The third-order valence-electron chi connectivity index (χ3n) is 6.85. The molecule has 1 aliphatic heterocycles. The molecule has 1 amide bonds. The molecule has 0 saturated carbocycles. The number of anilines is 1. The van der Waals surface area contributed by atoms with Gasteiger partial charge in [0.2, 0.25) is 0 Å². The van der Waals surface area contributed by atoms with E-state index in [9.17, 15) is 9.90 Å². The number of rotatable bonds is 5. The maximum Gasteiger partial charge on any atom is 0.291 e. The molecule has 2 aromatic heterocycles. The number of aliphatic hydroxyl groups is 1. The van der Waals surface area contributed by atoms with Crippen molar-refractivity contribution in [2.24, 2.45) is 5.41 Å². The molecular formula is C26H36N4O3. The lowest BCUT2D eigenvalue weighted by atomic mass is 9.77. The second kappa shape index (κ2) is 8.69. The summed E-state index contributed by atoms with van der Waals surface area (Å²) >= 11 is 0. The van der Waals surface area contributed by atoms with E-state index in [1.807, 2.05) is 19.1 Å². The summed E-state index contributed by atoms with van der Waals surface area (Å²) in [5.74, 6) is 0.140. The molecule has 4 rings (SSSR count). The van der Waals surface area contributed by atoms with Gasteiger partial charge in [-0.1, -0.05) is 19.9 Å². The van der Waals surface area contributed by atoms with Crippen molar-refractivity contribution in [2.75, 3.05) is 11.9 Å². The number of H-pyrrole nitrogens is 1. The number of aromatic nitrogens is 3. The zero-order valence-corrected chi connectivity index (χ0v) is 20.4. The zero-order valence-electron chi connectivity index (χ0n) is 20.4. The molecule has 178 valence electrons. The number of nitrogens with one attached hydrogen (secondary N) is 2. The van der Waals surface area contributed by atoms with Crippen LogP contribution >= 0.6 is 0 Å². The lowest BCUT2D eigenvalue weighted by molar-refractivity contribution is -0.187. The van der Waals surface area contributed by atoms with Crippen molar-refractivity contribution in [1.29, 1.82) is 0 Å². The first kappa shape index (κ1) is 23.6. The van der Waals surface area contributed by atoms with Gasteiger partial charge in [-0.3, -0.25) is 9.78 Å². The molecular weight excluding hydrogens is 416 g/mol. The molecule has 1 aliphatic carbocycles. The van der Waals surface area contributed by atoms with Gasteiger partial charge in [0.15, 0.2) is 5.82 Å². The zero-order chi connectivity index (χ0) is 23.9. The van der Waals surface area contributed by atoms with Crippen LogP contribution in [0.15, 0.2) is 30.6 Å². The summed E-state index contributed by atoms with van der Waals surface area (Å²) in [7, 11) is 0. The normalized spacial score (nSPS) is 26.5. The van der Waals surface area contributed by atoms with Crippen LogP contribution in [-0.2, 0) is 4.74 Å². The third-order valence-corrected chi connectivity index (χ3v) is 6.85. The highest BCUT2D eigenvalue weighted by Crippen LogP contribution is 2.44. The minimum Gasteiger partial charge on any atom is -0.393 e. The van der Waals surface area contributed by atoms with E-state index in [0.717, 1.165) is 37.1 Å². The number of carbonyl (C=O) groups is 1. The predicted octanol–water partition coefficient (Wildman–Crippen LogP) is 5.07. The molecule has 0 radical (unpaired) electrons. The van der Waals surface area contributed by atoms with E-state index in [1.54, 1.807) is 12.4 Å². The van der Waals surface area contributed by atoms with Crippen LogP contribution in [0.25, 0.3) is 5.57 Å². The fraction of sp³-hybridized carbons (Fsp3) is 0.577. The number of carbonyl (C=O) groups excluding carboxylic acids is 1. The minimum atomic E-state index is -0.603. The number of allylic oxidation sites excluding steroid dienone is 2. The van der Waals surface area contributed by atoms with Crippen molar-refractivity contribution in [3.8, 4) is 0 Å². The van der Waals surface area contributed by atoms with Crippen LogP contribution in [0.3, 0.4) is 0 Å². The number of nitrogens with zero attached hydrogens (tertiary/aromatic N) is 2. The van der Waals surface area contributed by atoms with Gasteiger partial charge < -0.3 is 20.1 Å². The third kappa shape index (κ3) is 5.36. The Kier molecular flexibility index (Phi) is 6.22. The standard InChI is InChI=1S/C26H36N4O3/c1-24(2)10-8-17(9-11-24)21-20(30-23(32)22-27-12-13-28-22)7-6-19(29-21)18-14-25(3,4)33-26(5,15-18)16-31/h6-8,12-13,18,31H,9-11,14-16H2,1-5H3,(H,27,28)(H,30,32). The summed E-state index contributed by atoms with van der Waals surface area (Å²) < 4.78 is 6.19. The van der Waals surface area contributed by atoms with Crippen molar-refractivity contribution >= 4 is 17.2 Å². The fourth-order valence-corrected chi connectivity index (χ4v) is 5.15. The van der Waals surface area contributed by atoms with Crippen molar-refractivity contribution < 1.29 is 14.6 Å². The number of amides is 1. The molecule has 1 fully saturated rings. The van der Waals surface area contributed by atoms with E-state index in [-0.39, 0.29) is 35.3 Å². The van der Waals surface area contributed by atoms with Gasteiger partial charge in [-0.25, -0.2) is 4.98 Å². The highest BCUT2D eigenvalue weighted by atomic mass is 16.5. The number of pyridine rings is 1. The SMILES string of the molecule is CC1(C)CC=C(c2nc(C3CC(C)(C)OC(C)(CO)C3)ccc2NC(=O)c2ncc[nH]2)CC1. The van der Waals surface area contributed by atoms with Gasteiger partial charge in [-0.2, -0.15) is 0 Å². The van der Waals surface area contributed by atoms with Crippen molar-refractivity contribution in [1.82, 2.24) is 15.0 Å². The number of imidazole rings is 1. The average Bonchev–Trinajstić information content (AvgIpc) is 3.28. The Hall–Kier alpha value is -2.51. The largest absolute Gasteiger partial charge is 0.393 e. The summed E-state index contributed by atoms with van der Waals surface area (Å²) in [5.41, 5.74) is 2.98. The number of hydrogen-bond donors (Lipinski definition) is 3. The maximum atomic E-state index is 12.7. The predicted molar refractivity (Wildman–Crippen MR) is 129 cm³/mol. The minimum absolute atomic E-state index is 0.0304. The Labute approximate surface area is 196 Å². The average molecular weight is 453 g/mol. The second-order valence-electron chi connectivity index (χ2n) is 11.2. The van der Waals surface area contributed by atoms with E-state index in [0.29, 0.717) is 12.1 Å². The molecule has 0 spiro atoms. The van der Waals surface area contributed by atoms with Crippen molar-refractivity contribution in [3.05, 3.63) is 47.8 Å². The molecule has 1 saturated heterocycles. The first-order chi connectivity index (χ1) is 15.5. The van der Waals surface area contributed by atoms with Gasteiger partial charge in [-0.15, -0.1) is 0 Å². The lowest BCUT2D eigenvalue weighted by Gasteiger charge is -2.46. The van der Waals surface area contributed by atoms with E-state index < -0.39 is 5.60 Å². The molecule has 3 N–H and O–H groups in total. The highest BCUT2D eigenvalue weighted by molar-refractivity contribution is 6.03. The van der Waals surface area contributed by atoms with Gasteiger partial charge in [0.25, 0.3) is 5.91 Å². The fourth-order valence-electron chi connectivity index (χ4n) is 5.15. The number of aromatic amines is 1. The molecule has 3 heterocycles. The Morgan fingerprint density at radius 3 is 2.67 bits per heavy atom. The van der Waals surface area contributed by atoms with Crippen molar-refractivity contribution in [3.63, 3.8) is 0 Å². The lowest BCUT2D eigenvalue weighted by Crippen LogP contribution is -2.48. The smallest absolute Gasteiger partial charge is 0.291 e. The Morgan fingerprint density at radius 1 is 1.24 bits per heavy atom.